The first kappa shape index (κ1) is 21.1. The maximum Gasteiger partial charge on any atom is 0.426 e. The average Bonchev–Trinajstić information content (AvgIpc) is 3.10. The number of piperidine rings is 1. The van der Waals surface area contributed by atoms with Crippen LogP contribution in [-0.2, 0) is 4.79 Å². The molecule has 0 aromatic carbocycles. The summed E-state index contributed by atoms with van der Waals surface area (Å²) in [7, 11) is 0. The lowest BCUT2D eigenvalue weighted by atomic mass is 9.83. The number of halogens is 3. The highest BCUT2D eigenvalue weighted by Gasteiger charge is 2.57. The van der Waals surface area contributed by atoms with Crippen LogP contribution in [0.25, 0.3) is 0 Å². The maximum absolute atomic E-state index is 13.0. The highest BCUT2D eigenvalue weighted by Crippen LogP contribution is 2.38. The zero-order valence-corrected chi connectivity index (χ0v) is 16.2. The topological polar surface area (TPSA) is 78.6 Å². The van der Waals surface area contributed by atoms with Crippen molar-refractivity contribution in [2.24, 2.45) is 5.92 Å². The van der Waals surface area contributed by atoms with Crippen LogP contribution in [0.15, 0.2) is 12.3 Å². The van der Waals surface area contributed by atoms with Crippen LogP contribution in [-0.4, -0.2) is 61.8 Å². The third kappa shape index (κ3) is 3.91. The summed E-state index contributed by atoms with van der Waals surface area (Å²) in [5, 5.41) is 23.9. The number of rotatable bonds is 3. The quantitative estimate of drug-likeness (QED) is 0.813. The molecule has 2 fully saturated rings. The van der Waals surface area contributed by atoms with Crippen molar-refractivity contribution in [3.8, 4) is 0 Å². The molecule has 0 radical (unpaired) electrons. The molecule has 1 aliphatic heterocycles. The van der Waals surface area contributed by atoms with Crippen molar-refractivity contribution in [1.82, 2.24) is 14.7 Å². The minimum Gasteiger partial charge on any atom is -0.393 e. The first-order valence-electron chi connectivity index (χ1n) is 9.82. The van der Waals surface area contributed by atoms with E-state index < -0.39 is 17.7 Å². The summed E-state index contributed by atoms with van der Waals surface area (Å²) in [5.74, 6) is -1.28. The SMILES string of the molecule is C[C@@H]1CN(C(=O)[C@@](C)(O)C(F)(F)F)CC[C@@H]1c1ccnn1[C@H]1CC[C@@H](O)CC1. The Bertz CT molecular complexity index is 696. The van der Waals surface area contributed by atoms with Crippen LogP contribution >= 0.6 is 0 Å². The Morgan fingerprint density at radius 3 is 2.43 bits per heavy atom. The van der Waals surface area contributed by atoms with E-state index in [-0.39, 0.29) is 37.1 Å². The maximum atomic E-state index is 13.0. The minimum atomic E-state index is -5.01. The Balaban J connectivity index is 1.70. The van der Waals surface area contributed by atoms with Gasteiger partial charge in [-0.25, -0.2) is 0 Å². The molecule has 28 heavy (non-hydrogen) atoms. The van der Waals surface area contributed by atoms with Crippen molar-refractivity contribution >= 4 is 5.91 Å². The highest BCUT2D eigenvalue weighted by molar-refractivity contribution is 5.85. The fourth-order valence-electron chi connectivity index (χ4n) is 4.42. The van der Waals surface area contributed by atoms with Gasteiger partial charge in [0.25, 0.3) is 5.91 Å². The van der Waals surface area contributed by atoms with Gasteiger partial charge in [0.2, 0.25) is 5.60 Å². The number of likely N-dealkylation sites (tertiary alicyclic amines) is 1. The van der Waals surface area contributed by atoms with Gasteiger partial charge in [-0.3, -0.25) is 9.48 Å². The van der Waals surface area contributed by atoms with Gasteiger partial charge < -0.3 is 15.1 Å². The Morgan fingerprint density at radius 1 is 1.21 bits per heavy atom. The molecule has 1 saturated carbocycles. The standard InChI is InChI=1S/C19H28F3N3O3/c1-12-11-24(17(27)18(2,28)19(20,21)22)10-8-15(12)16-7-9-23-25(16)13-3-5-14(26)6-4-13/h7,9,12-15,26,28H,3-6,8,10-11H2,1-2H3/t12-,13-,14+,15+,18-/m1/s1. The molecule has 1 aliphatic carbocycles. The van der Waals surface area contributed by atoms with E-state index in [1.807, 2.05) is 17.7 Å². The number of alkyl halides is 3. The third-order valence-corrected chi connectivity index (χ3v) is 6.25. The number of nitrogens with zero attached hydrogens (tertiary/aromatic N) is 3. The van der Waals surface area contributed by atoms with E-state index in [9.17, 15) is 28.2 Å². The minimum absolute atomic E-state index is 0.0636. The number of aromatic nitrogens is 2. The van der Waals surface area contributed by atoms with Gasteiger partial charge in [0.05, 0.1) is 12.1 Å². The summed E-state index contributed by atoms with van der Waals surface area (Å²) in [6.07, 6.45) is 0.143. The molecule has 2 heterocycles. The second-order valence-corrected chi connectivity index (χ2v) is 8.36. The predicted molar refractivity (Wildman–Crippen MR) is 95.5 cm³/mol. The smallest absolute Gasteiger partial charge is 0.393 e. The first-order chi connectivity index (χ1) is 13.0. The van der Waals surface area contributed by atoms with Crippen LogP contribution < -0.4 is 0 Å². The number of amides is 1. The van der Waals surface area contributed by atoms with Crippen molar-refractivity contribution < 1.29 is 28.2 Å². The Kier molecular flexibility index (Phi) is 5.78. The molecule has 3 rings (SSSR count). The summed E-state index contributed by atoms with van der Waals surface area (Å²) < 4.78 is 41.0. The van der Waals surface area contributed by atoms with Gasteiger partial charge in [0.1, 0.15) is 0 Å². The molecule has 0 unspecified atom stereocenters. The Hall–Kier alpha value is -1.61. The van der Waals surface area contributed by atoms with E-state index in [1.54, 1.807) is 6.20 Å². The number of aliphatic hydroxyl groups is 2. The lowest BCUT2D eigenvalue weighted by Crippen LogP contribution is -2.58. The fraction of sp³-hybridized carbons (Fsp3) is 0.789. The molecule has 1 aromatic rings. The van der Waals surface area contributed by atoms with Crippen molar-refractivity contribution in [1.29, 1.82) is 0 Å². The molecule has 9 heteroatoms. The van der Waals surface area contributed by atoms with Crippen LogP contribution in [0, 0.1) is 5.92 Å². The van der Waals surface area contributed by atoms with Crippen molar-refractivity contribution in [2.75, 3.05) is 13.1 Å². The number of hydrogen-bond acceptors (Lipinski definition) is 4. The van der Waals surface area contributed by atoms with Crippen LogP contribution in [0.4, 0.5) is 13.2 Å². The van der Waals surface area contributed by atoms with Crippen LogP contribution in [0.1, 0.15) is 63.6 Å². The van der Waals surface area contributed by atoms with Crippen LogP contribution in [0.3, 0.4) is 0 Å². The molecule has 2 N–H and O–H groups in total. The average molecular weight is 403 g/mol. The molecule has 158 valence electrons. The molecular weight excluding hydrogens is 375 g/mol. The summed E-state index contributed by atoms with van der Waals surface area (Å²) in [6.45, 7) is 2.74. The molecule has 6 nitrogen and oxygen atoms in total. The van der Waals surface area contributed by atoms with E-state index in [0.717, 1.165) is 36.3 Å². The Morgan fingerprint density at radius 2 is 1.86 bits per heavy atom. The van der Waals surface area contributed by atoms with E-state index in [4.69, 9.17) is 0 Å². The summed E-state index contributed by atoms with van der Waals surface area (Å²) in [5.41, 5.74) is -2.34. The lowest BCUT2D eigenvalue weighted by molar-refractivity contribution is -0.250. The molecule has 3 atom stereocenters. The normalized spacial score (nSPS) is 31.5. The fourth-order valence-corrected chi connectivity index (χ4v) is 4.42. The van der Waals surface area contributed by atoms with Gasteiger partial charge >= 0.3 is 6.18 Å². The summed E-state index contributed by atoms with van der Waals surface area (Å²) in [6, 6.07) is 2.15. The number of carbonyl (C=O) groups excluding carboxylic acids is 1. The van der Waals surface area contributed by atoms with Gasteiger partial charge in [0, 0.05) is 30.9 Å². The number of hydrogen-bond donors (Lipinski definition) is 2. The second kappa shape index (κ2) is 7.67. The molecule has 2 aliphatic rings. The van der Waals surface area contributed by atoms with Gasteiger partial charge in [-0.15, -0.1) is 0 Å². The first-order valence-corrected chi connectivity index (χ1v) is 9.82. The molecule has 1 aromatic heterocycles. The van der Waals surface area contributed by atoms with Crippen LogP contribution in [0.5, 0.6) is 0 Å². The highest BCUT2D eigenvalue weighted by atomic mass is 19.4. The summed E-state index contributed by atoms with van der Waals surface area (Å²) >= 11 is 0. The van der Waals surface area contributed by atoms with E-state index >= 15 is 0 Å². The largest absolute Gasteiger partial charge is 0.426 e. The number of carbonyl (C=O) groups is 1. The summed E-state index contributed by atoms with van der Waals surface area (Å²) in [4.78, 5) is 13.4. The third-order valence-electron chi connectivity index (χ3n) is 6.25. The molecule has 0 spiro atoms. The molecule has 0 bridgehead atoms. The lowest BCUT2D eigenvalue weighted by Gasteiger charge is -2.40. The monoisotopic (exact) mass is 403 g/mol. The van der Waals surface area contributed by atoms with Crippen molar-refractivity contribution in [3.63, 3.8) is 0 Å². The van der Waals surface area contributed by atoms with Crippen molar-refractivity contribution in [3.05, 3.63) is 18.0 Å². The van der Waals surface area contributed by atoms with E-state index in [2.05, 4.69) is 5.10 Å². The zero-order valence-electron chi connectivity index (χ0n) is 16.2. The van der Waals surface area contributed by atoms with E-state index in [1.165, 1.54) is 0 Å². The van der Waals surface area contributed by atoms with Crippen molar-refractivity contribution in [2.45, 2.75) is 75.8 Å². The molecule has 1 amide bonds. The zero-order chi connectivity index (χ0) is 20.7. The molecule has 1 saturated heterocycles. The predicted octanol–water partition coefficient (Wildman–Crippen LogP) is 2.62. The second-order valence-electron chi connectivity index (χ2n) is 8.36. The van der Waals surface area contributed by atoms with Gasteiger partial charge in [-0.1, -0.05) is 6.92 Å². The number of aliphatic hydroxyl groups excluding tert-OH is 1. The van der Waals surface area contributed by atoms with Gasteiger partial charge in [0.15, 0.2) is 0 Å². The van der Waals surface area contributed by atoms with E-state index in [0.29, 0.717) is 13.3 Å². The van der Waals surface area contributed by atoms with Crippen LogP contribution in [0.2, 0.25) is 0 Å². The molecular formula is C19H28F3N3O3. The van der Waals surface area contributed by atoms with Gasteiger partial charge in [-0.2, -0.15) is 18.3 Å². The van der Waals surface area contributed by atoms with Gasteiger partial charge in [-0.05, 0) is 51.0 Å². The Labute approximate surface area is 162 Å².